The summed E-state index contributed by atoms with van der Waals surface area (Å²) < 4.78 is 55.6. The molecule has 0 amide bonds. The van der Waals surface area contributed by atoms with Crippen LogP contribution in [0.1, 0.15) is 33.1 Å². The van der Waals surface area contributed by atoms with Gasteiger partial charge >= 0.3 is 14.3 Å². The Labute approximate surface area is 117 Å². The number of hydrogen-bond acceptors (Lipinski definition) is 5. The van der Waals surface area contributed by atoms with Crippen molar-refractivity contribution < 1.29 is 31.7 Å². The Hall–Kier alpha value is -0.270. The average molecular weight is 318 g/mol. The normalized spacial score (nSPS) is 23.1. The van der Waals surface area contributed by atoms with Gasteiger partial charge in [0.1, 0.15) is 6.61 Å². The number of halogens is 3. The van der Waals surface area contributed by atoms with Crippen molar-refractivity contribution in [1.82, 2.24) is 0 Å². The summed E-state index contributed by atoms with van der Waals surface area (Å²) in [6.45, 7) is 3.02. The first-order valence-electron chi connectivity index (χ1n) is 6.34. The minimum atomic E-state index is -4.42. The molecule has 1 N–H and O–H groups in total. The highest BCUT2D eigenvalue weighted by molar-refractivity contribution is 7.34. The zero-order valence-corrected chi connectivity index (χ0v) is 12.4. The molecule has 1 aliphatic rings. The monoisotopic (exact) mass is 318 g/mol. The fraction of sp³-hybridized carbons (Fsp3) is 1.00. The van der Waals surface area contributed by atoms with Crippen LogP contribution in [-0.2, 0) is 18.5 Å². The van der Waals surface area contributed by atoms with Crippen LogP contribution in [0.3, 0.4) is 0 Å². The molecule has 2 unspecified atom stereocenters. The van der Waals surface area contributed by atoms with E-state index in [2.05, 4.69) is 4.52 Å². The van der Waals surface area contributed by atoms with Crippen molar-refractivity contribution >= 4 is 8.17 Å². The van der Waals surface area contributed by atoms with Gasteiger partial charge in [-0.05, 0) is 33.1 Å². The van der Waals surface area contributed by atoms with E-state index in [1.165, 1.54) is 0 Å². The molecule has 0 aromatic carbocycles. The van der Waals surface area contributed by atoms with Gasteiger partial charge in [-0.15, -0.1) is 9.05 Å². The Morgan fingerprint density at radius 1 is 1.30 bits per heavy atom. The molecule has 20 heavy (non-hydrogen) atoms. The molecule has 0 aromatic heterocycles. The molecule has 2 atom stereocenters. The van der Waals surface area contributed by atoms with Crippen molar-refractivity contribution in [1.29, 1.82) is 5.16 Å². The largest absolute Gasteiger partial charge is 0.556 e. The molecule has 118 valence electrons. The Kier molecular flexibility index (Phi) is 6.81. The van der Waals surface area contributed by atoms with E-state index in [4.69, 9.17) is 19.2 Å². The highest BCUT2D eigenvalue weighted by Gasteiger charge is 2.33. The number of ether oxygens (including phenoxy) is 2. The standard InChI is InChI=1S/C11H20F3NO4P/c1-10(2)16-7-9(19-10)5-3-4-6-17-20(15)18-8-11(12,13)14/h9,15H,3-8H2,1-2H3/q+1. The van der Waals surface area contributed by atoms with Crippen molar-refractivity contribution in [2.75, 3.05) is 19.8 Å². The van der Waals surface area contributed by atoms with Crippen LogP contribution < -0.4 is 0 Å². The van der Waals surface area contributed by atoms with E-state index in [1.54, 1.807) is 0 Å². The van der Waals surface area contributed by atoms with Gasteiger partial charge in [0.05, 0.1) is 12.7 Å². The number of hydrogen-bond donors (Lipinski definition) is 1. The second-order valence-electron chi connectivity index (χ2n) is 4.93. The van der Waals surface area contributed by atoms with Gasteiger partial charge in [0.2, 0.25) is 0 Å². The predicted molar refractivity (Wildman–Crippen MR) is 66.4 cm³/mol. The van der Waals surface area contributed by atoms with Gasteiger partial charge in [0.25, 0.3) is 0 Å². The van der Waals surface area contributed by atoms with Gasteiger partial charge in [-0.3, -0.25) is 0 Å². The zero-order valence-electron chi connectivity index (χ0n) is 11.5. The first-order chi connectivity index (χ1) is 9.18. The fourth-order valence-corrected chi connectivity index (χ4v) is 2.33. The summed E-state index contributed by atoms with van der Waals surface area (Å²) in [6, 6.07) is 0. The molecule has 5 nitrogen and oxygen atoms in total. The summed E-state index contributed by atoms with van der Waals surface area (Å²) in [5.41, 5.74) is 0. The lowest BCUT2D eigenvalue weighted by Gasteiger charge is -2.16. The SMILES string of the molecule is CC1(C)OCC(CCCCO[P+](=N)OCC(F)(F)F)O1. The maximum atomic E-state index is 11.8. The van der Waals surface area contributed by atoms with E-state index < -0.39 is 26.7 Å². The highest BCUT2D eigenvalue weighted by Crippen LogP contribution is 2.29. The minimum Gasteiger partial charge on any atom is -0.348 e. The van der Waals surface area contributed by atoms with Crippen molar-refractivity contribution in [2.24, 2.45) is 0 Å². The van der Waals surface area contributed by atoms with Crippen molar-refractivity contribution in [3.63, 3.8) is 0 Å². The van der Waals surface area contributed by atoms with E-state index in [-0.39, 0.29) is 12.7 Å². The summed E-state index contributed by atoms with van der Waals surface area (Å²) in [6.07, 6.45) is -2.13. The molecule has 9 heteroatoms. The number of rotatable bonds is 8. The molecule has 0 aliphatic carbocycles. The molecule has 1 aliphatic heterocycles. The molecule has 0 bridgehead atoms. The van der Waals surface area contributed by atoms with Gasteiger partial charge in [-0.25, -0.2) is 0 Å². The van der Waals surface area contributed by atoms with E-state index >= 15 is 0 Å². The van der Waals surface area contributed by atoms with Gasteiger partial charge in [-0.1, -0.05) is 5.16 Å². The summed E-state index contributed by atoms with van der Waals surface area (Å²) in [5.74, 6) is -0.540. The van der Waals surface area contributed by atoms with Crippen LogP contribution in [0.5, 0.6) is 0 Å². The van der Waals surface area contributed by atoms with Crippen LogP contribution in [0.2, 0.25) is 0 Å². The van der Waals surface area contributed by atoms with Gasteiger partial charge in [-0.2, -0.15) is 13.2 Å². The van der Waals surface area contributed by atoms with E-state index in [9.17, 15) is 13.2 Å². The van der Waals surface area contributed by atoms with Gasteiger partial charge in [0, 0.05) is 0 Å². The zero-order chi connectivity index (χ0) is 15.2. The van der Waals surface area contributed by atoms with Crippen LogP contribution in [0.25, 0.3) is 0 Å². The lowest BCUT2D eigenvalue weighted by molar-refractivity contribution is -0.153. The van der Waals surface area contributed by atoms with E-state index in [1.807, 2.05) is 13.8 Å². The van der Waals surface area contributed by atoms with Gasteiger partial charge < -0.3 is 9.47 Å². The third-order valence-electron chi connectivity index (χ3n) is 2.54. The minimum absolute atomic E-state index is 0.0454. The summed E-state index contributed by atoms with van der Waals surface area (Å²) in [5, 5.41) is 7.18. The second-order valence-corrected chi connectivity index (χ2v) is 5.96. The summed E-state index contributed by atoms with van der Waals surface area (Å²) in [7, 11) is -2.21. The second kappa shape index (κ2) is 7.66. The maximum Gasteiger partial charge on any atom is 0.556 e. The highest BCUT2D eigenvalue weighted by atomic mass is 31.1. The quantitative estimate of drug-likeness (QED) is 0.543. The molecule has 1 heterocycles. The predicted octanol–water partition coefficient (Wildman–Crippen LogP) is 3.98. The van der Waals surface area contributed by atoms with Crippen LogP contribution in [0.4, 0.5) is 13.2 Å². The smallest absolute Gasteiger partial charge is 0.348 e. The molecular weight excluding hydrogens is 298 g/mol. The molecule has 0 aromatic rings. The van der Waals surface area contributed by atoms with Crippen molar-refractivity contribution in [2.45, 2.75) is 51.2 Å². The molecule has 1 fully saturated rings. The van der Waals surface area contributed by atoms with Crippen LogP contribution in [0.15, 0.2) is 0 Å². The fourth-order valence-electron chi connectivity index (χ4n) is 1.70. The summed E-state index contributed by atoms with van der Waals surface area (Å²) >= 11 is 0. The topological polar surface area (TPSA) is 60.8 Å². The van der Waals surface area contributed by atoms with Crippen molar-refractivity contribution in [3.05, 3.63) is 0 Å². The average Bonchev–Trinajstić information content (AvgIpc) is 2.65. The first-order valence-corrected chi connectivity index (χ1v) is 7.51. The molecule has 1 rings (SSSR count). The summed E-state index contributed by atoms with van der Waals surface area (Å²) in [4.78, 5) is 0. The first kappa shape index (κ1) is 17.8. The van der Waals surface area contributed by atoms with E-state index in [0.29, 0.717) is 13.0 Å². The number of nitrogens with one attached hydrogen (secondary N) is 1. The lowest BCUT2D eigenvalue weighted by Crippen LogP contribution is -2.21. The molecule has 1 saturated heterocycles. The number of alkyl halides is 3. The Morgan fingerprint density at radius 3 is 2.55 bits per heavy atom. The molecular formula is C11H20F3NO4P+. The maximum absolute atomic E-state index is 11.8. The van der Waals surface area contributed by atoms with Crippen LogP contribution >= 0.6 is 8.17 Å². The Bertz CT molecular complexity index is 325. The van der Waals surface area contributed by atoms with Gasteiger partial charge in [0.15, 0.2) is 12.4 Å². The third kappa shape index (κ3) is 8.11. The molecule has 0 radical (unpaired) electrons. The Morgan fingerprint density at radius 2 is 2.00 bits per heavy atom. The molecule has 0 saturated carbocycles. The Balaban J connectivity index is 1.98. The van der Waals surface area contributed by atoms with E-state index in [0.717, 1.165) is 12.8 Å². The molecule has 0 spiro atoms. The van der Waals surface area contributed by atoms with Crippen LogP contribution in [-0.4, -0.2) is 37.9 Å². The van der Waals surface area contributed by atoms with Crippen LogP contribution in [0, 0.1) is 5.16 Å². The lowest BCUT2D eigenvalue weighted by atomic mass is 10.2. The third-order valence-corrected chi connectivity index (χ3v) is 3.32. The van der Waals surface area contributed by atoms with Crippen molar-refractivity contribution in [3.8, 4) is 0 Å². The number of unbranched alkanes of at least 4 members (excludes halogenated alkanes) is 1.